The third-order valence-corrected chi connectivity index (χ3v) is 6.37. The van der Waals surface area contributed by atoms with Crippen molar-refractivity contribution in [3.8, 4) is 0 Å². The molecule has 8 heteroatoms. The highest BCUT2D eigenvalue weighted by Crippen LogP contribution is 2.27. The molecule has 2 aromatic carbocycles. The monoisotopic (exact) mass is 467 g/mol. The van der Waals surface area contributed by atoms with Crippen LogP contribution in [0.1, 0.15) is 26.8 Å². The summed E-state index contributed by atoms with van der Waals surface area (Å²) in [4.78, 5) is 29.8. The second kappa shape index (κ2) is 9.01. The molecule has 0 aliphatic rings. The van der Waals surface area contributed by atoms with Gasteiger partial charge in [-0.15, -0.1) is 17.9 Å². The van der Waals surface area contributed by atoms with Crippen molar-refractivity contribution in [3.63, 3.8) is 0 Å². The summed E-state index contributed by atoms with van der Waals surface area (Å²) in [5.74, 6) is -0.259. The number of allylic oxidation sites excluding steroid dienone is 1. The zero-order chi connectivity index (χ0) is 22.0. The molecule has 0 saturated carbocycles. The molecule has 1 amide bonds. The van der Waals surface area contributed by atoms with E-state index in [1.54, 1.807) is 47.7 Å². The van der Waals surface area contributed by atoms with E-state index in [0.717, 1.165) is 10.4 Å². The number of rotatable bonds is 6. The molecule has 0 radical (unpaired) electrons. The lowest BCUT2D eigenvalue weighted by atomic mass is 10.0. The van der Waals surface area contributed by atoms with E-state index in [-0.39, 0.29) is 22.3 Å². The number of thiophene rings is 1. The summed E-state index contributed by atoms with van der Waals surface area (Å²) in [5.41, 5.74) is 1.65. The van der Waals surface area contributed by atoms with Crippen LogP contribution in [0.25, 0.3) is 10.9 Å². The number of nitrogens with one attached hydrogen (secondary N) is 2. The van der Waals surface area contributed by atoms with Gasteiger partial charge in [0.05, 0.1) is 16.9 Å². The smallest absolute Gasteiger partial charge is 0.262 e. The van der Waals surface area contributed by atoms with Gasteiger partial charge in [0, 0.05) is 22.0 Å². The maximum atomic E-state index is 13.1. The molecule has 1 unspecified atom stereocenters. The molecule has 0 aliphatic heterocycles. The molecular formula is C23H18ClN3O2S2. The van der Waals surface area contributed by atoms with Crippen LogP contribution in [0.5, 0.6) is 0 Å². The van der Waals surface area contributed by atoms with Crippen molar-refractivity contribution < 1.29 is 4.79 Å². The van der Waals surface area contributed by atoms with E-state index in [9.17, 15) is 9.59 Å². The Hall–Kier alpha value is -3.00. The summed E-state index contributed by atoms with van der Waals surface area (Å²) in [6.07, 6.45) is 1.61. The Kier molecular flexibility index (Phi) is 6.18. The Morgan fingerprint density at radius 1 is 1.26 bits per heavy atom. The number of nitrogens with zero attached hydrogens (tertiary/aromatic N) is 1. The highest BCUT2D eigenvalue weighted by Gasteiger charge is 2.19. The van der Waals surface area contributed by atoms with Gasteiger partial charge in [-0.3, -0.25) is 14.2 Å². The molecule has 31 heavy (non-hydrogen) atoms. The van der Waals surface area contributed by atoms with Crippen molar-refractivity contribution in [2.45, 2.75) is 12.6 Å². The number of carbonyl (C=O) groups is 1. The largest absolute Gasteiger partial charge is 0.340 e. The quantitative estimate of drug-likeness (QED) is 0.291. The van der Waals surface area contributed by atoms with Crippen LogP contribution in [0.15, 0.2) is 77.4 Å². The molecule has 1 atom stereocenters. The Morgan fingerprint density at radius 3 is 2.71 bits per heavy atom. The van der Waals surface area contributed by atoms with Gasteiger partial charge in [0.15, 0.2) is 4.77 Å². The molecule has 4 aromatic rings. The summed E-state index contributed by atoms with van der Waals surface area (Å²) >= 11 is 12.9. The lowest BCUT2D eigenvalue weighted by Crippen LogP contribution is -2.29. The first-order valence-corrected chi connectivity index (χ1v) is 11.1. The average Bonchev–Trinajstić information content (AvgIpc) is 3.30. The highest BCUT2D eigenvalue weighted by molar-refractivity contribution is 7.71. The van der Waals surface area contributed by atoms with E-state index in [1.165, 1.54) is 4.57 Å². The summed E-state index contributed by atoms with van der Waals surface area (Å²) in [6.45, 7) is 3.97. The number of H-pyrrole nitrogens is 1. The molecule has 0 aliphatic carbocycles. The number of amides is 1. The van der Waals surface area contributed by atoms with Gasteiger partial charge in [-0.05, 0) is 59.6 Å². The normalized spacial score (nSPS) is 11.9. The van der Waals surface area contributed by atoms with Crippen LogP contribution in [0.2, 0.25) is 5.02 Å². The van der Waals surface area contributed by atoms with Gasteiger partial charge in [0.25, 0.3) is 11.5 Å². The van der Waals surface area contributed by atoms with Crippen molar-refractivity contribution in [3.05, 3.63) is 109 Å². The van der Waals surface area contributed by atoms with Crippen molar-refractivity contribution in [1.29, 1.82) is 0 Å². The van der Waals surface area contributed by atoms with Gasteiger partial charge in [-0.2, -0.15) is 0 Å². The molecular weight excluding hydrogens is 450 g/mol. The second-order valence-corrected chi connectivity index (χ2v) is 8.67. The predicted molar refractivity (Wildman–Crippen MR) is 129 cm³/mol. The number of hydrogen-bond acceptors (Lipinski definition) is 4. The minimum atomic E-state index is -0.320. The van der Waals surface area contributed by atoms with E-state index in [4.69, 9.17) is 23.8 Å². The SMILES string of the molecule is C=CCn1c(=S)[nH]c2cc(C(=O)NC(c3ccc(Cl)cc3)c3cccs3)ccc2c1=O. The maximum absolute atomic E-state index is 13.1. The summed E-state index contributed by atoms with van der Waals surface area (Å²) < 4.78 is 1.71. The number of carbonyl (C=O) groups excluding carboxylic acids is 1. The fraction of sp³-hybridized carbons (Fsp3) is 0.0870. The summed E-state index contributed by atoms with van der Waals surface area (Å²) in [6, 6.07) is 15.9. The maximum Gasteiger partial charge on any atom is 0.262 e. The molecule has 0 bridgehead atoms. The third-order valence-electron chi connectivity index (χ3n) is 4.86. The first kappa shape index (κ1) is 21.2. The van der Waals surface area contributed by atoms with E-state index >= 15 is 0 Å². The number of benzene rings is 2. The van der Waals surface area contributed by atoms with Crippen LogP contribution in [0, 0.1) is 4.77 Å². The first-order valence-electron chi connectivity index (χ1n) is 9.45. The number of fused-ring (bicyclic) bond motifs is 1. The minimum Gasteiger partial charge on any atom is -0.340 e. The van der Waals surface area contributed by atoms with Crippen LogP contribution in [0.4, 0.5) is 0 Å². The van der Waals surface area contributed by atoms with Crippen LogP contribution in [0.3, 0.4) is 0 Å². The number of hydrogen-bond donors (Lipinski definition) is 2. The fourth-order valence-electron chi connectivity index (χ4n) is 3.33. The Bertz CT molecular complexity index is 1370. The zero-order valence-corrected chi connectivity index (χ0v) is 18.7. The third kappa shape index (κ3) is 4.39. The fourth-order valence-corrected chi connectivity index (χ4v) is 4.53. The highest BCUT2D eigenvalue weighted by atomic mass is 35.5. The number of halogens is 1. The zero-order valence-electron chi connectivity index (χ0n) is 16.3. The van der Waals surface area contributed by atoms with E-state index in [1.807, 2.05) is 29.6 Å². The molecule has 2 aromatic heterocycles. The molecule has 2 heterocycles. The van der Waals surface area contributed by atoms with Crippen LogP contribution < -0.4 is 10.9 Å². The molecule has 5 nitrogen and oxygen atoms in total. The topological polar surface area (TPSA) is 66.9 Å². The van der Waals surface area contributed by atoms with Crippen LogP contribution >= 0.6 is 35.2 Å². The first-order chi connectivity index (χ1) is 15.0. The predicted octanol–water partition coefficient (Wildman–Crippen LogP) is 5.48. The molecule has 4 rings (SSSR count). The van der Waals surface area contributed by atoms with Crippen LogP contribution in [-0.2, 0) is 6.54 Å². The van der Waals surface area contributed by atoms with Gasteiger partial charge < -0.3 is 10.3 Å². The minimum absolute atomic E-state index is 0.219. The van der Waals surface area contributed by atoms with Gasteiger partial charge >= 0.3 is 0 Å². The lowest BCUT2D eigenvalue weighted by molar-refractivity contribution is 0.0943. The van der Waals surface area contributed by atoms with Crippen LogP contribution in [-0.4, -0.2) is 15.5 Å². The second-order valence-electron chi connectivity index (χ2n) is 6.87. The van der Waals surface area contributed by atoms with Crippen molar-refractivity contribution >= 4 is 52.0 Å². The Labute approximate surface area is 192 Å². The van der Waals surface area contributed by atoms with Gasteiger partial charge in [0.2, 0.25) is 0 Å². The average molecular weight is 468 g/mol. The molecule has 2 N–H and O–H groups in total. The van der Waals surface area contributed by atoms with Gasteiger partial charge in [-0.1, -0.05) is 35.9 Å². The van der Waals surface area contributed by atoms with E-state index in [2.05, 4.69) is 16.9 Å². The number of aromatic nitrogens is 2. The Balaban J connectivity index is 1.70. The summed E-state index contributed by atoms with van der Waals surface area (Å²) in [7, 11) is 0. The lowest BCUT2D eigenvalue weighted by Gasteiger charge is -2.18. The van der Waals surface area contributed by atoms with Crippen molar-refractivity contribution in [2.75, 3.05) is 0 Å². The van der Waals surface area contributed by atoms with E-state index < -0.39 is 0 Å². The molecule has 156 valence electrons. The van der Waals surface area contributed by atoms with Gasteiger partial charge in [-0.25, -0.2) is 0 Å². The van der Waals surface area contributed by atoms with E-state index in [0.29, 0.717) is 28.0 Å². The summed E-state index contributed by atoms with van der Waals surface area (Å²) in [5, 5.41) is 6.15. The standard InChI is InChI=1S/C23H18ClN3O2S2/c1-2-11-27-22(29)17-10-7-15(13-18(17)25-23(27)30)21(28)26-20(19-4-3-12-31-19)14-5-8-16(24)9-6-14/h2-10,12-13,20H,1,11H2,(H,25,30)(H,26,28). The Morgan fingerprint density at radius 2 is 2.03 bits per heavy atom. The molecule has 0 saturated heterocycles. The van der Waals surface area contributed by atoms with Crippen molar-refractivity contribution in [2.24, 2.45) is 0 Å². The van der Waals surface area contributed by atoms with Crippen molar-refractivity contribution in [1.82, 2.24) is 14.9 Å². The van der Waals surface area contributed by atoms with Gasteiger partial charge in [0.1, 0.15) is 0 Å². The molecule has 0 spiro atoms. The molecule has 0 fully saturated rings. The number of aromatic amines is 1.